The second kappa shape index (κ2) is 6.68. The van der Waals surface area contributed by atoms with Crippen molar-refractivity contribution < 1.29 is 18.7 Å². The zero-order valence-electron chi connectivity index (χ0n) is 16.4. The molecule has 29 heavy (non-hydrogen) atoms. The minimum absolute atomic E-state index is 0.0237. The van der Waals surface area contributed by atoms with Crippen LogP contribution in [0.4, 0.5) is 10.1 Å². The molecule has 5 rings (SSSR count). The van der Waals surface area contributed by atoms with Crippen molar-refractivity contribution in [3.63, 3.8) is 0 Å². The number of rotatable bonds is 3. The van der Waals surface area contributed by atoms with Crippen LogP contribution >= 0.6 is 0 Å². The lowest BCUT2D eigenvalue weighted by atomic mass is 9.99. The number of halogens is 1. The van der Waals surface area contributed by atoms with E-state index in [2.05, 4.69) is 0 Å². The topological polar surface area (TPSA) is 68.6 Å². The fraction of sp³-hybridized carbons (Fsp3) is 0.500. The minimum atomic E-state index is -0.682. The van der Waals surface area contributed by atoms with Gasteiger partial charge in [-0.15, -0.1) is 0 Å². The molecular weight excluding hydrogens is 375 g/mol. The molecule has 6 nitrogen and oxygen atoms in total. The number of esters is 1. The summed E-state index contributed by atoms with van der Waals surface area (Å²) in [6, 6.07) is 1.41. The molecule has 1 saturated carbocycles. The first-order chi connectivity index (χ1) is 14.0. The van der Waals surface area contributed by atoms with E-state index in [0.29, 0.717) is 24.0 Å². The van der Waals surface area contributed by atoms with E-state index in [9.17, 15) is 14.4 Å². The molecule has 1 aliphatic carbocycles. The molecule has 1 amide bonds. The minimum Gasteiger partial charge on any atom is -0.462 e. The van der Waals surface area contributed by atoms with E-state index in [1.54, 1.807) is 18.0 Å². The molecule has 1 aromatic heterocycles. The third-order valence-electron chi connectivity index (χ3n) is 6.31. The number of carbonyl (C=O) groups excluding carboxylic acids is 2. The van der Waals surface area contributed by atoms with Gasteiger partial charge in [-0.2, -0.15) is 0 Å². The molecule has 0 radical (unpaired) electrons. The van der Waals surface area contributed by atoms with Crippen molar-refractivity contribution in [3.8, 4) is 0 Å². The monoisotopic (exact) mass is 398 g/mol. The number of hydrogen-bond donors (Lipinski definition) is 0. The highest BCUT2D eigenvalue weighted by molar-refractivity contribution is 6.02. The highest BCUT2D eigenvalue weighted by atomic mass is 19.1. The first-order valence-electron chi connectivity index (χ1n) is 10.4. The summed E-state index contributed by atoms with van der Waals surface area (Å²) in [5.41, 5.74) is 1.15. The van der Waals surface area contributed by atoms with Gasteiger partial charge in [0.1, 0.15) is 11.4 Å². The number of amides is 1. The summed E-state index contributed by atoms with van der Waals surface area (Å²) in [6.45, 7) is 1.85. The van der Waals surface area contributed by atoms with Gasteiger partial charge < -0.3 is 14.2 Å². The fourth-order valence-corrected chi connectivity index (χ4v) is 4.89. The van der Waals surface area contributed by atoms with Crippen LogP contribution in [0.2, 0.25) is 0 Å². The van der Waals surface area contributed by atoms with Gasteiger partial charge in [0, 0.05) is 35.7 Å². The van der Waals surface area contributed by atoms with E-state index in [-0.39, 0.29) is 35.5 Å². The third-order valence-corrected chi connectivity index (χ3v) is 6.31. The number of anilines is 1. The van der Waals surface area contributed by atoms with Gasteiger partial charge in [-0.1, -0.05) is 0 Å². The molecule has 2 aliphatic heterocycles. The van der Waals surface area contributed by atoms with Crippen molar-refractivity contribution in [2.45, 2.75) is 64.0 Å². The van der Waals surface area contributed by atoms with Crippen LogP contribution in [0.15, 0.2) is 17.1 Å². The Bertz CT molecular complexity index is 1100. The van der Waals surface area contributed by atoms with Gasteiger partial charge in [0.2, 0.25) is 11.3 Å². The van der Waals surface area contributed by atoms with Crippen LogP contribution in [-0.4, -0.2) is 29.1 Å². The Kier molecular flexibility index (Phi) is 4.22. The summed E-state index contributed by atoms with van der Waals surface area (Å²) in [7, 11) is 0. The number of nitrogens with zero attached hydrogens (tertiary/aromatic N) is 2. The second-order valence-electron chi connectivity index (χ2n) is 8.16. The number of ether oxygens (including phenoxy) is 1. The third kappa shape index (κ3) is 2.78. The summed E-state index contributed by atoms with van der Waals surface area (Å²) < 4.78 is 22.3. The largest absolute Gasteiger partial charge is 0.462 e. The molecule has 7 heteroatoms. The van der Waals surface area contributed by atoms with Crippen molar-refractivity contribution in [1.82, 2.24) is 4.57 Å². The Balaban J connectivity index is 1.83. The van der Waals surface area contributed by atoms with E-state index in [1.165, 1.54) is 6.07 Å². The smallest absolute Gasteiger partial charge is 0.343 e. The quantitative estimate of drug-likeness (QED) is 0.743. The average Bonchev–Trinajstić information content (AvgIpc) is 3.49. The lowest BCUT2D eigenvalue weighted by Crippen LogP contribution is -2.33. The van der Waals surface area contributed by atoms with E-state index in [0.717, 1.165) is 37.7 Å². The van der Waals surface area contributed by atoms with Gasteiger partial charge in [0.25, 0.3) is 0 Å². The SMILES string of the molecule is CCOC(=O)c1cn(C2CC2)c2c3c(c(F)cc2c1=O)N1C(=O)CC[C@H]1CCC3. The average molecular weight is 398 g/mol. The first-order valence-corrected chi connectivity index (χ1v) is 10.4. The van der Waals surface area contributed by atoms with Crippen molar-refractivity contribution in [3.05, 3.63) is 39.4 Å². The van der Waals surface area contributed by atoms with Gasteiger partial charge in [-0.05, 0) is 51.5 Å². The van der Waals surface area contributed by atoms with Gasteiger partial charge in [0.15, 0.2) is 0 Å². The maximum absolute atomic E-state index is 15.3. The van der Waals surface area contributed by atoms with E-state index in [1.807, 2.05) is 4.57 Å². The van der Waals surface area contributed by atoms with E-state index < -0.39 is 17.2 Å². The van der Waals surface area contributed by atoms with Crippen LogP contribution in [0.25, 0.3) is 10.9 Å². The molecule has 2 aromatic rings. The molecule has 152 valence electrons. The number of hydrogen-bond acceptors (Lipinski definition) is 4. The molecule has 1 saturated heterocycles. The molecule has 0 N–H and O–H groups in total. The zero-order valence-corrected chi connectivity index (χ0v) is 16.4. The number of fused-ring (bicyclic) bond motifs is 5. The standard InChI is InChI=1S/C22H23FN2O4/c1-2-29-22(28)16-11-24(12-6-7-12)19-14-5-3-4-13-8-9-18(26)25(13)20(14)17(23)10-15(19)21(16)27/h10-13H,2-9H2,1H3/t13-/m1/s1. The van der Waals surface area contributed by atoms with E-state index >= 15 is 4.39 Å². The van der Waals surface area contributed by atoms with Crippen molar-refractivity contribution in [2.24, 2.45) is 0 Å². The molecule has 0 spiro atoms. The molecule has 0 bridgehead atoms. The van der Waals surface area contributed by atoms with Crippen LogP contribution in [0, 0.1) is 5.82 Å². The van der Waals surface area contributed by atoms with Crippen molar-refractivity contribution in [1.29, 1.82) is 0 Å². The summed E-state index contributed by atoms with van der Waals surface area (Å²) in [5.74, 6) is -1.30. The number of aryl methyl sites for hydroxylation is 1. The highest BCUT2D eigenvalue weighted by Crippen LogP contribution is 2.43. The van der Waals surface area contributed by atoms with Gasteiger partial charge in [0.05, 0.1) is 17.8 Å². The first kappa shape index (κ1) is 18.3. The number of aromatic nitrogens is 1. The Hall–Kier alpha value is -2.70. The molecule has 1 atom stereocenters. The molecule has 3 heterocycles. The summed E-state index contributed by atoms with van der Waals surface area (Å²) in [4.78, 5) is 39.6. The molecule has 0 unspecified atom stereocenters. The lowest BCUT2D eigenvalue weighted by molar-refractivity contribution is -0.117. The fourth-order valence-electron chi connectivity index (χ4n) is 4.89. The summed E-state index contributed by atoms with van der Waals surface area (Å²) in [6.07, 6.45) is 6.90. The second-order valence-corrected chi connectivity index (χ2v) is 8.16. The Morgan fingerprint density at radius 2 is 1.97 bits per heavy atom. The van der Waals surface area contributed by atoms with Crippen LogP contribution in [0.1, 0.15) is 67.4 Å². The Morgan fingerprint density at radius 1 is 1.17 bits per heavy atom. The van der Waals surface area contributed by atoms with Crippen molar-refractivity contribution in [2.75, 3.05) is 11.5 Å². The van der Waals surface area contributed by atoms with E-state index in [4.69, 9.17) is 4.74 Å². The predicted molar refractivity (Wildman–Crippen MR) is 106 cm³/mol. The summed E-state index contributed by atoms with van der Waals surface area (Å²) in [5, 5.41) is 0.198. The molecule has 2 fully saturated rings. The molecule has 3 aliphatic rings. The van der Waals surface area contributed by atoms with Gasteiger partial charge >= 0.3 is 5.97 Å². The molecular formula is C22H23FN2O4. The van der Waals surface area contributed by atoms with Crippen LogP contribution in [0.5, 0.6) is 0 Å². The maximum atomic E-state index is 15.3. The molecule has 1 aromatic carbocycles. The lowest BCUT2D eigenvalue weighted by Gasteiger charge is -2.26. The van der Waals surface area contributed by atoms with Crippen LogP contribution in [0.3, 0.4) is 0 Å². The normalized spacial score (nSPS) is 21.1. The summed E-state index contributed by atoms with van der Waals surface area (Å²) >= 11 is 0. The maximum Gasteiger partial charge on any atom is 0.343 e. The highest BCUT2D eigenvalue weighted by Gasteiger charge is 2.39. The number of carbonyl (C=O) groups is 2. The van der Waals surface area contributed by atoms with Crippen molar-refractivity contribution >= 4 is 28.5 Å². The van der Waals surface area contributed by atoms with Gasteiger partial charge in [-0.25, -0.2) is 9.18 Å². The van der Waals surface area contributed by atoms with Crippen LogP contribution < -0.4 is 10.3 Å². The Morgan fingerprint density at radius 3 is 2.69 bits per heavy atom. The van der Waals surface area contributed by atoms with Crippen LogP contribution in [-0.2, 0) is 16.0 Å². The van der Waals surface area contributed by atoms with Gasteiger partial charge in [-0.3, -0.25) is 9.59 Å². The number of benzene rings is 1. The zero-order chi connectivity index (χ0) is 20.3. The Labute approximate surface area is 167 Å². The predicted octanol–water partition coefficient (Wildman–Crippen LogP) is 3.48. The number of pyridine rings is 1.